The minimum absolute atomic E-state index is 0.259. The molecule has 0 aliphatic carbocycles. The molecule has 140 valence electrons. The second-order valence-electron chi connectivity index (χ2n) is 6.22. The number of imidazole rings is 1. The summed E-state index contributed by atoms with van der Waals surface area (Å²) in [5.74, 6) is 0. The molecule has 0 atom stereocenters. The summed E-state index contributed by atoms with van der Waals surface area (Å²) in [5, 5.41) is 0. The number of urea groups is 1. The molecule has 1 fully saturated rings. The molecule has 3 aromatic rings. The predicted molar refractivity (Wildman–Crippen MR) is 101 cm³/mol. The number of piperazine rings is 1. The highest BCUT2D eigenvalue weighted by Crippen LogP contribution is 2.17. The number of nitrogens with zero attached hydrogens (tertiary/aromatic N) is 4. The number of para-hydroxylation sites is 2. The summed E-state index contributed by atoms with van der Waals surface area (Å²) >= 11 is 0. The Morgan fingerprint density at radius 3 is 2.33 bits per heavy atom. The smallest absolute Gasteiger partial charge is 0.321 e. The minimum atomic E-state index is -3.53. The number of hydrogen-bond donors (Lipinski definition) is 1. The zero-order valence-electron chi connectivity index (χ0n) is 14.5. The van der Waals surface area contributed by atoms with Gasteiger partial charge in [-0.3, -0.25) is 0 Å². The molecule has 9 heteroatoms. The van der Waals surface area contributed by atoms with Gasteiger partial charge in [0, 0.05) is 26.2 Å². The van der Waals surface area contributed by atoms with Crippen molar-refractivity contribution in [3.63, 3.8) is 0 Å². The van der Waals surface area contributed by atoms with Gasteiger partial charge in [-0.05, 0) is 24.3 Å². The van der Waals surface area contributed by atoms with Crippen LogP contribution in [0.25, 0.3) is 11.0 Å². The number of nitrogens with one attached hydrogen (secondary N) is 1. The minimum Gasteiger partial charge on any atom is -0.321 e. The van der Waals surface area contributed by atoms with Crippen LogP contribution in [0.2, 0.25) is 0 Å². The maximum Gasteiger partial charge on any atom is 0.336 e. The molecule has 1 saturated heterocycles. The van der Waals surface area contributed by atoms with E-state index in [0.29, 0.717) is 13.1 Å². The fourth-order valence-electron chi connectivity index (χ4n) is 3.10. The molecule has 8 nitrogen and oxygen atoms in total. The number of fused-ring (bicyclic) bond motifs is 1. The molecule has 1 N–H and O–H groups in total. The molecule has 0 spiro atoms. The van der Waals surface area contributed by atoms with Crippen LogP contribution in [-0.4, -0.2) is 59.5 Å². The largest absolute Gasteiger partial charge is 0.336 e. The summed E-state index contributed by atoms with van der Waals surface area (Å²) in [6.07, 6.45) is 1.55. The van der Waals surface area contributed by atoms with E-state index in [1.807, 2.05) is 24.3 Å². The summed E-state index contributed by atoms with van der Waals surface area (Å²) in [4.78, 5) is 18.6. The highest BCUT2D eigenvalue weighted by Gasteiger charge is 2.30. The highest BCUT2D eigenvalue weighted by atomic mass is 32.2. The highest BCUT2D eigenvalue weighted by molar-refractivity contribution is 7.89. The van der Waals surface area contributed by atoms with E-state index < -0.39 is 10.0 Å². The number of aromatic nitrogens is 2. The second kappa shape index (κ2) is 7.01. The van der Waals surface area contributed by atoms with E-state index in [-0.39, 0.29) is 24.0 Å². The third kappa shape index (κ3) is 3.38. The lowest BCUT2D eigenvalue weighted by atomic mass is 10.3. The molecule has 0 radical (unpaired) electrons. The van der Waals surface area contributed by atoms with Crippen molar-refractivity contribution < 1.29 is 13.2 Å². The number of sulfonamides is 1. The molecule has 0 saturated carbocycles. The predicted octanol–water partition coefficient (Wildman–Crippen LogP) is 1.71. The van der Waals surface area contributed by atoms with Gasteiger partial charge in [-0.15, -0.1) is 0 Å². The molecule has 1 aromatic heterocycles. The molecule has 4 rings (SSSR count). The Morgan fingerprint density at radius 2 is 1.59 bits per heavy atom. The van der Waals surface area contributed by atoms with Crippen molar-refractivity contribution in [2.24, 2.45) is 0 Å². The van der Waals surface area contributed by atoms with E-state index in [1.165, 1.54) is 4.31 Å². The first-order valence-electron chi connectivity index (χ1n) is 8.59. The van der Waals surface area contributed by atoms with E-state index in [4.69, 9.17) is 0 Å². The molecule has 27 heavy (non-hydrogen) atoms. The maximum atomic E-state index is 12.7. The Labute approximate surface area is 157 Å². The summed E-state index contributed by atoms with van der Waals surface area (Å²) in [6.45, 7) is 1.17. The number of carbonyl (C=O) groups excluding carboxylic acids is 1. The van der Waals surface area contributed by atoms with Crippen LogP contribution in [0.1, 0.15) is 0 Å². The van der Waals surface area contributed by atoms with Gasteiger partial charge in [0.2, 0.25) is 10.0 Å². The number of hydrogen-bond acceptors (Lipinski definition) is 4. The van der Waals surface area contributed by atoms with Crippen LogP contribution in [-0.2, 0) is 10.0 Å². The van der Waals surface area contributed by atoms with Crippen molar-refractivity contribution in [1.82, 2.24) is 18.9 Å². The van der Waals surface area contributed by atoms with Crippen molar-refractivity contribution in [3.05, 3.63) is 60.9 Å². The Balaban J connectivity index is 1.41. The summed E-state index contributed by atoms with van der Waals surface area (Å²) in [5.41, 5.74) is 4.38. The van der Waals surface area contributed by atoms with Crippen LogP contribution in [0.4, 0.5) is 4.79 Å². The molecule has 2 heterocycles. The topological polar surface area (TPSA) is 87.5 Å². The van der Waals surface area contributed by atoms with Gasteiger partial charge in [-0.1, -0.05) is 30.3 Å². The van der Waals surface area contributed by atoms with Crippen LogP contribution < -0.4 is 5.43 Å². The van der Waals surface area contributed by atoms with Gasteiger partial charge in [-0.2, -0.15) is 4.31 Å². The Bertz CT molecular complexity index is 1060. The Hall–Kier alpha value is -2.91. The molecule has 0 bridgehead atoms. The molecule has 1 aliphatic rings. The fourth-order valence-corrected chi connectivity index (χ4v) is 4.54. The van der Waals surface area contributed by atoms with E-state index >= 15 is 0 Å². The van der Waals surface area contributed by atoms with Gasteiger partial charge in [0.15, 0.2) is 0 Å². The molecule has 2 amide bonds. The van der Waals surface area contributed by atoms with Crippen molar-refractivity contribution in [2.75, 3.05) is 31.6 Å². The third-order valence-electron chi connectivity index (χ3n) is 4.58. The standard InChI is InChI=1S/C18H19N5O3S/c24-18(20-23-14-19-16-8-4-5-9-17(16)23)21-10-12-22(13-11-21)27(25,26)15-6-2-1-3-7-15/h1-9,14H,10-13H2,(H,20,24). The lowest BCUT2D eigenvalue weighted by Gasteiger charge is -2.34. The molecule has 0 unspecified atom stereocenters. The summed E-state index contributed by atoms with van der Waals surface area (Å²) in [6, 6.07) is 15.6. The second-order valence-corrected chi connectivity index (χ2v) is 8.16. The first kappa shape index (κ1) is 17.5. The first-order chi connectivity index (χ1) is 13.1. The van der Waals surface area contributed by atoms with Crippen LogP contribution >= 0.6 is 0 Å². The Kier molecular flexibility index (Phi) is 4.54. The first-order valence-corrected chi connectivity index (χ1v) is 10.0. The van der Waals surface area contributed by atoms with E-state index in [2.05, 4.69) is 10.4 Å². The van der Waals surface area contributed by atoms with Crippen LogP contribution in [0, 0.1) is 0 Å². The summed E-state index contributed by atoms with van der Waals surface area (Å²) < 4.78 is 28.3. The number of rotatable bonds is 3. The lowest BCUT2D eigenvalue weighted by molar-refractivity contribution is 0.182. The Morgan fingerprint density at radius 1 is 0.926 bits per heavy atom. The lowest BCUT2D eigenvalue weighted by Crippen LogP contribution is -2.52. The molecule has 2 aromatic carbocycles. The van der Waals surface area contributed by atoms with E-state index in [9.17, 15) is 13.2 Å². The van der Waals surface area contributed by atoms with Gasteiger partial charge in [-0.25, -0.2) is 28.3 Å². The molecule has 1 aliphatic heterocycles. The van der Waals surface area contributed by atoms with Crippen molar-refractivity contribution >= 4 is 27.1 Å². The van der Waals surface area contributed by atoms with Crippen molar-refractivity contribution in [3.8, 4) is 0 Å². The molecular weight excluding hydrogens is 366 g/mol. The van der Waals surface area contributed by atoms with E-state index in [1.54, 1.807) is 46.2 Å². The van der Waals surface area contributed by atoms with Gasteiger partial charge in [0.25, 0.3) is 0 Å². The third-order valence-corrected chi connectivity index (χ3v) is 6.49. The number of carbonyl (C=O) groups is 1. The SMILES string of the molecule is O=C(Nn1cnc2ccccc21)N1CCN(S(=O)(=O)c2ccccc2)CC1. The van der Waals surface area contributed by atoms with Crippen LogP contribution in [0.3, 0.4) is 0 Å². The quantitative estimate of drug-likeness (QED) is 0.743. The average Bonchev–Trinajstić information content (AvgIpc) is 3.12. The average molecular weight is 385 g/mol. The molecular formula is C18H19N5O3S. The van der Waals surface area contributed by atoms with E-state index in [0.717, 1.165) is 11.0 Å². The maximum absolute atomic E-state index is 12.7. The monoisotopic (exact) mass is 385 g/mol. The van der Waals surface area contributed by atoms with Crippen LogP contribution in [0.5, 0.6) is 0 Å². The zero-order valence-corrected chi connectivity index (χ0v) is 15.3. The van der Waals surface area contributed by atoms with Gasteiger partial charge < -0.3 is 4.90 Å². The van der Waals surface area contributed by atoms with Crippen molar-refractivity contribution in [2.45, 2.75) is 4.90 Å². The van der Waals surface area contributed by atoms with Crippen LogP contribution in [0.15, 0.2) is 65.8 Å². The normalized spacial score (nSPS) is 15.8. The summed E-state index contributed by atoms with van der Waals surface area (Å²) in [7, 11) is -3.53. The van der Waals surface area contributed by atoms with Gasteiger partial charge in [0.05, 0.1) is 15.9 Å². The number of amides is 2. The van der Waals surface area contributed by atoms with Crippen molar-refractivity contribution in [1.29, 1.82) is 0 Å². The van der Waals surface area contributed by atoms with Gasteiger partial charge in [0.1, 0.15) is 6.33 Å². The fraction of sp³-hybridized carbons (Fsp3) is 0.222. The number of benzene rings is 2. The zero-order chi connectivity index (χ0) is 18.9. The van der Waals surface area contributed by atoms with Gasteiger partial charge >= 0.3 is 6.03 Å².